The van der Waals surface area contributed by atoms with Crippen molar-refractivity contribution in [2.24, 2.45) is 0 Å². The zero-order chi connectivity index (χ0) is 20.6. The molecule has 2 fully saturated rings. The Morgan fingerprint density at radius 2 is 1.62 bits per heavy atom. The van der Waals surface area contributed by atoms with Crippen molar-refractivity contribution in [3.8, 4) is 0 Å². The van der Waals surface area contributed by atoms with Crippen LogP contribution < -0.4 is 5.32 Å². The lowest BCUT2D eigenvalue weighted by Crippen LogP contribution is -2.52. The molecule has 6 nitrogen and oxygen atoms in total. The number of hydrogen-bond acceptors (Lipinski definition) is 4. The van der Waals surface area contributed by atoms with Crippen LogP contribution in [0.5, 0.6) is 0 Å². The van der Waals surface area contributed by atoms with Gasteiger partial charge in [0.1, 0.15) is 0 Å². The molecule has 1 aliphatic heterocycles. The van der Waals surface area contributed by atoms with Gasteiger partial charge in [0.05, 0.1) is 13.1 Å². The highest BCUT2D eigenvalue weighted by molar-refractivity contribution is 5.93. The summed E-state index contributed by atoms with van der Waals surface area (Å²) in [5, 5.41) is 3.05. The minimum Gasteiger partial charge on any atom is -0.342 e. The number of amides is 2. The molecular weight excluding hydrogens is 364 g/mol. The van der Waals surface area contributed by atoms with Crippen molar-refractivity contribution >= 4 is 17.5 Å². The van der Waals surface area contributed by atoms with Crippen molar-refractivity contribution in [1.29, 1.82) is 0 Å². The van der Waals surface area contributed by atoms with Gasteiger partial charge in [-0.15, -0.1) is 0 Å². The van der Waals surface area contributed by atoms with Crippen molar-refractivity contribution < 1.29 is 9.59 Å². The number of hydrogen-bond donors (Lipinski definition) is 1. The van der Waals surface area contributed by atoms with Gasteiger partial charge in [-0.3, -0.25) is 19.4 Å². The molecule has 2 amide bonds. The number of carbonyl (C=O) groups is 2. The second-order valence-corrected chi connectivity index (χ2v) is 8.41. The highest BCUT2D eigenvalue weighted by Gasteiger charge is 2.25. The Labute approximate surface area is 175 Å². The highest BCUT2D eigenvalue weighted by atomic mass is 16.2. The van der Waals surface area contributed by atoms with Crippen LogP contribution in [-0.4, -0.2) is 78.9 Å². The Hall–Kier alpha value is -1.92. The van der Waals surface area contributed by atoms with E-state index in [1.807, 2.05) is 30.1 Å². The first kappa shape index (κ1) is 21.8. The van der Waals surface area contributed by atoms with Gasteiger partial charge >= 0.3 is 0 Å². The summed E-state index contributed by atoms with van der Waals surface area (Å²) in [6.45, 7) is 6.31. The third-order valence-corrected chi connectivity index (χ3v) is 6.38. The quantitative estimate of drug-likeness (QED) is 0.764. The van der Waals surface area contributed by atoms with E-state index in [-0.39, 0.29) is 11.8 Å². The average Bonchev–Trinajstić information content (AvgIpc) is 2.75. The van der Waals surface area contributed by atoms with E-state index >= 15 is 0 Å². The van der Waals surface area contributed by atoms with Gasteiger partial charge in [0.2, 0.25) is 11.8 Å². The normalized spacial score (nSPS) is 19.1. The summed E-state index contributed by atoms with van der Waals surface area (Å²) in [6.07, 6.45) is 6.98. The van der Waals surface area contributed by atoms with E-state index in [1.54, 1.807) is 0 Å². The molecule has 3 rings (SSSR count). The summed E-state index contributed by atoms with van der Waals surface area (Å²) < 4.78 is 0. The van der Waals surface area contributed by atoms with Crippen molar-refractivity contribution in [2.45, 2.75) is 51.5 Å². The minimum atomic E-state index is 0.0347. The fourth-order valence-corrected chi connectivity index (χ4v) is 4.42. The maximum atomic E-state index is 12.6. The number of para-hydroxylation sites is 1. The van der Waals surface area contributed by atoms with Crippen molar-refractivity contribution in [1.82, 2.24) is 14.7 Å². The zero-order valence-corrected chi connectivity index (χ0v) is 18.0. The Kier molecular flexibility index (Phi) is 8.07. The molecule has 1 aliphatic carbocycles. The van der Waals surface area contributed by atoms with Gasteiger partial charge in [-0.1, -0.05) is 44.4 Å². The monoisotopic (exact) mass is 400 g/mol. The lowest BCUT2D eigenvalue weighted by atomic mass is 9.94. The second kappa shape index (κ2) is 10.7. The number of rotatable bonds is 7. The standard InChI is InChI=1S/C23H36N4O2/c1-3-19-9-7-8-12-21(19)24-22(28)17-26-13-15-27(16-14-26)18-23(29)25(2)20-10-5-4-6-11-20/h7-9,12,20H,3-6,10-11,13-18H2,1-2H3,(H,24,28). The first-order valence-corrected chi connectivity index (χ1v) is 11.1. The van der Waals surface area contributed by atoms with E-state index in [0.29, 0.717) is 19.1 Å². The number of carbonyl (C=O) groups excluding carboxylic acids is 2. The lowest BCUT2D eigenvalue weighted by molar-refractivity contribution is -0.134. The Morgan fingerprint density at radius 1 is 1.00 bits per heavy atom. The van der Waals surface area contributed by atoms with Crippen LogP contribution in [0.3, 0.4) is 0 Å². The predicted octanol–water partition coefficient (Wildman–Crippen LogP) is 2.60. The molecule has 1 saturated heterocycles. The van der Waals surface area contributed by atoms with Gasteiger partial charge in [-0.25, -0.2) is 0 Å². The number of piperazine rings is 1. The number of anilines is 1. The van der Waals surface area contributed by atoms with Crippen LogP contribution in [0.1, 0.15) is 44.6 Å². The van der Waals surface area contributed by atoms with Gasteiger partial charge < -0.3 is 10.2 Å². The van der Waals surface area contributed by atoms with Crippen LogP contribution >= 0.6 is 0 Å². The molecule has 0 atom stereocenters. The van der Waals surface area contributed by atoms with Crippen molar-refractivity contribution in [2.75, 3.05) is 51.6 Å². The molecule has 1 heterocycles. The third kappa shape index (κ3) is 6.28. The van der Waals surface area contributed by atoms with Crippen LogP contribution in [0.15, 0.2) is 24.3 Å². The Balaban J connectivity index is 1.39. The topological polar surface area (TPSA) is 55.9 Å². The maximum Gasteiger partial charge on any atom is 0.238 e. The molecular formula is C23H36N4O2. The smallest absolute Gasteiger partial charge is 0.238 e. The number of aryl methyl sites for hydroxylation is 1. The zero-order valence-electron chi connectivity index (χ0n) is 18.0. The van der Waals surface area contributed by atoms with Crippen LogP contribution in [0.25, 0.3) is 0 Å². The predicted molar refractivity (Wildman–Crippen MR) is 117 cm³/mol. The van der Waals surface area contributed by atoms with Crippen LogP contribution in [0, 0.1) is 0 Å². The second-order valence-electron chi connectivity index (χ2n) is 8.41. The number of benzene rings is 1. The highest BCUT2D eigenvalue weighted by Crippen LogP contribution is 2.22. The van der Waals surface area contributed by atoms with Gasteiger partial charge in [0, 0.05) is 45.0 Å². The van der Waals surface area contributed by atoms with E-state index < -0.39 is 0 Å². The summed E-state index contributed by atoms with van der Waals surface area (Å²) >= 11 is 0. The lowest BCUT2D eigenvalue weighted by Gasteiger charge is -2.36. The van der Waals surface area contributed by atoms with E-state index in [0.717, 1.165) is 56.7 Å². The molecule has 6 heteroatoms. The first-order chi connectivity index (χ1) is 14.1. The molecule has 1 aromatic carbocycles. The molecule has 2 aliphatic rings. The molecule has 1 saturated carbocycles. The Bertz CT molecular complexity index is 679. The average molecular weight is 401 g/mol. The molecule has 29 heavy (non-hydrogen) atoms. The van der Waals surface area contributed by atoms with E-state index in [4.69, 9.17) is 0 Å². The number of nitrogens with one attached hydrogen (secondary N) is 1. The SMILES string of the molecule is CCc1ccccc1NC(=O)CN1CCN(CC(=O)N(C)C2CCCCC2)CC1. The van der Waals surface area contributed by atoms with E-state index in [2.05, 4.69) is 28.1 Å². The molecule has 0 radical (unpaired) electrons. The molecule has 0 bridgehead atoms. The minimum absolute atomic E-state index is 0.0347. The summed E-state index contributed by atoms with van der Waals surface area (Å²) in [6, 6.07) is 8.39. The van der Waals surface area contributed by atoms with E-state index in [9.17, 15) is 9.59 Å². The molecule has 1 N–H and O–H groups in total. The molecule has 1 aromatic rings. The van der Waals surface area contributed by atoms with Gasteiger partial charge in [0.15, 0.2) is 0 Å². The Morgan fingerprint density at radius 3 is 2.28 bits per heavy atom. The number of likely N-dealkylation sites (N-methyl/N-ethyl adjacent to an activating group) is 1. The summed E-state index contributed by atoms with van der Waals surface area (Å²) in [5.41, 5.74) is 2.07. The molecule has 0 aromatic heterocycles. The van der Waals surface area contributed by atoms with Gasteiger partial charge in [0.25, 0.3) is 0 Å². The fourth-order valence-electron chi connectivity index (χ4n) is 4.42. The first-order valence-electron chi connectivity index (χ1n) is 11.1. The van der Waals surface area contributed by atoms with E-state index in [1.165, 1.54) is 19.3 Å². The summed E-state index contributed by atoms with van der Waals surface area (Å²) in [7, 11) is 1.97. The maximum absolute atomic E-state index is 12.6. The third-order valence-electron chi connectivity index (χ3n) is 6.38. The van der Waals surface area contributed by atoms with Crippen LogP contribution in [-0.2, 0) is 16.0 Å². The van der Waals surface area contributed by atoms with Crippen molar-refractivity contribution in [3.05, 3.63) is 29.8 Å². The van der Waals surface area contributed by atoms with Crippen LogP contribution in [0.4, 0.5) is 5.69 Å². The summed E-state index contributed by atoms with van der Waals surface area (Å²) in [5.74, 6) is 0.270. The molecule has 160 valence electrons. The molecule has 0 spiro atoms. The van der Waals surface area contributed by atoms with Crippen molar-refractivity contribution in [3.63, 3.8) is 0 Å². The largest absolute Gasteiger partial charge is 0.342 e. The van der Waals surface area contributed by atoms with Gasteiger partial charge in [-0.05, 0) is 30.9 Å². The van der Waals surface area contributed by atoms with Gasteiger partial charge in [-0.2, -0.15) is 0 Å². The summed E-state index contributed by atoms with van der Waals surface area (Å²) in [4.78, 5) is 31.5. The number of nitrogens with zero attached hydrogens (tertiary/aromatic N) is 3. The molecule has 0 unspecified atom stereocenters. The van der Waals surface area contributed by atoms with Crippen LogP contribution in [0.2, 0.25) is 0 Å². The fraction of sp³-hybridized carbons (Fsp3) is 0.652.